The van der Waals surface area contributed by atoms with E-state index in [1.165, 1.54) is 7.11 Å². The third-order valence-corrected chi connectivity index (χ3v) is 8.45. The molecule has 2 aliphatic rings. The van der Waals surface area contributed by atoms with Gasteiger partial charge in [0.15, 0.2) is 5.75 Å². The van der Waals surface area contributed by atoms with Gasteiger partial charge in [0, 0.05) is 22.7 Å². The molecular weight excluding hydrogens is 502 g/mol. The Morgan fingerprint density at radius 3 is 2.69 bits per heavy atom. The van der Waals surface area contributed by atoms with Crippen LogP contribution in [0.25, 0.3) is 0 Å². The molecule has 0 bridgehead atoms. The Bertz CT molecular complexity index is 1510. The van der Waals surface area contributed by atoms with Crippen LogP contribution in [0, 0.1) is 23.0 Å². The van der Waals surface area contributed by atoms with E-state index < -0.39 is 14.9 Å². The van der Waals surface area contributed by atoms with E-state index in [0.29, 0.717) is 10.7 Å². The number of ether oxygens (including phenoxy) is 1. The molecule has 0 spiro atoms. The van der Waals surface area contributed by atoms with E-state index in [9.17, 15) is 18.5 Å². The first-order valence-corrected chi connectivity index (χ1v) is 13.2. The van der Waals surface area contributed by atoms with Gasteiger partial charge in [-0.2, -0.15) is 0 Å². The lowest BCUT2D eigenvalue weighted by atomic mass is 9.77. The van der Waals surface area contributed by atoms with Crippen LogP contribution in [-0.4, -0.2) is 20.5 Å². The molecule has 1 heterocycles. The van der Waals surface area contributed by atoms with Crippen molar-refractivity contribution in [1.82, 2.24) is 0 Å². The summed E-state index contributed by atoms with van der Waals surface area (Å²) < 4.78 is 34.2. The fourth-order valence-corrected chi connectivity index (χ4v) is 6.35. The smallest absolute Gasteiger partial charge is 0.311 e. The van der Waals surface area contributed by atoms with Crippen molar-refractivity contribution in [2.75, 3.05) is 17.1 Å². The first kappa shape index (κ1) is 24.1. The highest BCUT2D eigenvalue weighted by molar-refractivity contribution is 7.92. The van der Waals surface area contributed by atoms with Crippen LogP contribution in [0.1, 0.15) is 35.1 Å². The highest BCUT2D eigenvalue weighted by Crippen LogP contribution is 2.51. The van der Waals surface area contributed by atoms with E-state index >= 15 is 0 Å². The molecule has 1 aliphatic heterocycles. The summed E-state index contributed by atoms with van der Waals surface area (Å²) in [5, 5.41) is 15.5. The van der Waals surface area contributed by atoms with Gasteiger partial charge in [0.1, 0.15) is 0 Å². The summed E-state index contributed by atoms with van der Waals surface area (Å²) in [6.45, 7) is 1.81. The molecule has 0 aromatic heterocycles. The van der Waals surface area contributed by atoms with Crippen LogP contribution in [0.3, 0.4) is 0 Å². The van der Waals surface area contributed by atoms with Crippen molar-refractivity contribution in [2.24, 2.45) is 5.92 Å². The molecule has 0 amide bonds. The number of rotatable bonds is 6. The largest absolute Gasteiger partial charge is 0.490 e. The van der Waals surface area contributed by atoms with E-state index in [0.717, 1.165) is 28.8 Å². The number of hydrogen-bond donors (Lipinski definition) is 2. The maximum absolute atomic E-state index is 13.2. The lowest BCUT2D eigenvalue weighted by Gasteiger charge is -2.37. The van der Waals surface area contributed by atoms with Crippen LogP contribution in [0.4, 0.5) is 17.1 Å². The molecule has 10 heteroatoms. The minimum atomic E-state index is -3.85. The second-order valence-electron chi connectivity index (χ2n) is 8.98. The van der Waals surface area contributed by atoms with Gasteiger partial charge in [0.2, 0.25) is 0 Å². The van der Waals surface area contributed by atoms with Crippen molar-refractivity contribution in [3.05, 3.63) is 98.6 Å². The van der Waals surface area contributed by atoms with Crippen molar-refractivity contribution in [1.29, 1.82) is 0 Å². The van der Waals surface area contributed by atoms with E-state index in [1.54, 1.807) is 48.5 Å². The number of nitro groups is 1. The molecule has 3 aromatic carbocycles. The van der Waals surface area contributed by atoms with E-state index in [-0.39, 0.29) is 34.2 Å². The molecule has 0 unspecified atom stereocenters. The quantitative estimate of drug-likeness (QED) is 0.225. The zero-order chi connectivity index (χ0) is 25.6. The van der Waals surface area contributed by atoms with E-state index in [2.05, 4.69) is 22.2 Å². The standard InChI is InChI=1S/C26H24ClN3O5S/c1-15-6-8-17(27)13-23(15)29-36(33,34)18-9-10-22-21(14-18)19-4-3-5-20(19)26(28-22)16-7-11-25(35-2)24(12-16)30(31)32/h3-4,6-14,19-20,26,28-29H,5H2,1-2H3/t19-,20+,26+/m0/s1. The second-order valence-corrected chi connectivity index (χ2v) is 11.1. The SMILES string of the molecule is COc1ccc([C@H]2Nc3ccc(S(=O)(=O)Nc4cc(Cl)ccc4C)cc3[C@H]3C=CC[C@H]32)cc1[N+](=O)[O-]. The van der Waals surface area contributed by atoms with Crippen molar-refractivity contribution in [3.63, 3.8) is 0 Å². The Morgan fingerprint density at radius 1 is 1.14 bits per heavy atom. The number of fused-ring (bicyclic) bond motifs is 3. The predicted octanol–water partition coefficient (Wildman–Crippen LogP) is 6.19. The number of nitrogens with one attached hydrogen (secondary N) is 2. The zero-order valence-corrected chi connectivity index (χ0v) is 21.1. The molecule has 0 saturated heterocycles. The Labute approximate surface area is 214 Å². The van der Waals surface area contributed by atoms with Crippen LogP contribution in [0.2, 0.25) is 5.02 Å². The molecule has 3 atom stereocenters. The number of nitrogens with zero attached hydrogens (tertiary/aromatic N) is 1. The number of methoxy groups -OCH3 is 1. The number of aryl methyl sites for hydroxylation is 1. The molecule has 0 saturated carbocycles. The van der Waals surface area contributed by atoms with Crippen LogP contribution < -0.4 is 14.8 Å². The normalized spacial score (nSPS) is 20.2. The molecule has 186 valence electrons. The fraction of sp³-hybridized carbons (Fsp3) is 0.231. The summed E-state index contributed by atoms with van der Waals surface area (Å²) in [4.78, 5) is 11.3. The van der Waals surface area contributed by atoms with Crippen molar-refractivity contribution in [3.8, 4) is 5.75 Å². The van der Waals surface area contributed by atoms with Gasteiger partial charge in [-0.15, -0.1) is 0 Å². The van der Waals surface area contributed by atoms with E-state index in [1.807, 2.05) is 13.0 Å². The van der Waals surface area contributed by atoms with Crippen LogP contribution in [-0.2, 0) is 10.0 Å². The molecule has 5 rings (SSSR count). The lowest BCUT2D eigenvalue weighted by Crippen LogP contribution is -2.29. The Kier molecular flexibility index (Phi) is 6.13. The number of hydrogen-bond acceptors (Lipinski definition) is 6. The number of sulfonamides is 1. The van der Waals surface area contributed by atoms with Crippen LogP contribution in [0.15, 0.2) is 71.6 Å². The topological polar surface area (TPSA) is 111 Å². The molecule has 1 aliphatic carbocycles. The summed E-state index contributed by atoms with van der Waals surface area (Å²) in [5.74, 6) is 0.250. The van der Waals surface area contributed by atoms with Gasteiger partial charge in [-0.3, -0.25) is 14.8 Å². The summed E-state index contributed by atoms with van der Waals surface area (Å²) in [6, 6.07) is 14.9. The number of benzene rings is 3. The van der Waals surface area contributed by atoms with Crippen LogP contribution in [0.5, 0.6) is 5.75 Å². The van der Waals surface area contributed by atoms with Gasteiger partial charge in [0.05, 0.1) is 28.7 Å². The van der Waals surface area contributed by atoms with E-state index in [4.69, 9.17) is 16.3 Å². The summed E-state index contributed by atoms with van der Waals surface area (Å²) >= 11 is 6.06. The molecule has 8 nitrogen and oxygen atoms in total. The molecule has 36 heavy (non-hydrogen) atoms. The van der Waals surface area contributed by atoms with Gasteiger partial charge >= 0.3 is 5.69 Å². The Morgan fingerprint density at radius 2 is 1.94 bits per heavy atom. The number of anilines is 2. The van der Waals surface area contributed by atoms with Gasteiger partial charge in [-0.1, -0.05) is 35.9 Å². The van der Waals surface area contributed by atoms with Crippen LogP contribution >= 0.6 is 11.6 Å². The highest BCUT2D eigenvalue weighted by atomic mass is 35.5. The van der Waals surface area contributed by atoms with Gasteiger partial charge < -0.3 is 10.1 Å². The lowest BCUT2D eigenvalue weighted by molar-refractivity contribution is -0.385. The molecule has 0 fully saturated rings. The number of nitro benzene ring substituents is 1. The Balaban J connectivity index is 1.50. The monoisotopic (exact) mass is 525 g/mol. The van der Waals surface area contributed by atoms with Crippen molar-refractivity contribution in [2.45, 2.75) is 30.2 Å². The molecule has 0 radical (unpaired) electrons. The average Bonchev–Trinajstić information content (AvgIpc) is 3.35. The summed E-state index contributed by atoms with van der Waals surface area (Å²) in [6.07, 6.45) is 4.92. The third kappa shape index (κ3) is 4.29. The maximum atomic E-state index is 13.2. The highest BCUT2D eigenvalue weighted by Gasteiger charge is 2.39. The van der Waals surface area contributed by atoms with Gasteiger partial charge in [-0.05, 0) is 72.4 Å². The summed E-state index contributed by atoms with van der Waals surface area (Å²) in [7, 11) is -2.45. The minimum Gasteiger partial charge on any atom is -0.490 e. The molecule has 3 aromatic rings. The third-order valence-electron chi connectivity index (χ3n) is 6.85. The average molecular weight is 526 g/mol. The number of halogens is 1. The first-order chi connectivity index (χ1) is 17.2. The van der Waals surface area contributed by atoms with Gasteiger partial charge in [0.25, 0.3) is 10.0 Å². The van der Waals surface area contributed by atoms with Gasteiger partial charge in [-0.25, -0.2) is 8.42 Å². The first-order valence-electron chi connectivity index (χ1n) is 11.4. The zero-order valence-electron chi connectivity index (χ0n) is 19.6. The fourth-order valence-electron chi connectivity index (χ4n) is 5.02. The van der Waals surface area contributed by atoms with Crippen molar-refractivity contribution < 1.29 is 18.1 Å². The predicted molar refractivity (Wildman–Crippen MR) is 139 cm³/mol. The molecule has 2 N–H and O–H groups in total. The minimum absolute atomic E-state index is 0.0320. The number of allylic oxidation sites excluding steroid dienone is 2. The van der Waals surface area contributed by atoms with Crippen molar-refractivity contribution >= 4 is 38.7 Å². The summed E-state index contributed by atoms with van der Waals surface area (Å²) in [5.41, 5.74) is 3.55. The molecular formula is C26H24ClN3O5S. The second kappa shape index (κ2) is 9.15. The Hall–Kier alpha value is -3.56. The maximum Gasteiger partial charge on any atom is 0.311 e.